The van der Waals surface area contributed by atoms with E-state index in [2.05, 4.69) is 0 Å². The van der Waals surface area contributed by atoms with Crippen LogP contribution in [-0.4, -0.2) is 64.8 Å². The van der Waals surface area contributed by atoms with Gasteiger partial charge in [-0.2, -0.15) is 0 Å². The molecule has 0 spiro atoms. The first kappa shape index (κ1) is 17.1. The Morgan fingerprint density at radius 1 is 1.13 bits per heavy atom. The summed E-state index contributed by atoms with van der Waals surface area (Å²) in [6.07, 6.45) is 4.70. The Morgan fingerprint density at radius 2 is 1.83 bits per heavy atom. The van der Waals surface area contributed by atoms with Crippen LogP contribution in [0.5, 0.6) is 0 Å². The minimum absolute atomic E-state index is 0.0475. The van der Waals surface area contributed by atoms with E-state index in [1.165, 1.54) is 0 Å². The minimum atomic E-state index is -0.702. The quantitative estimate of drug-likeness (QED) is 0.738. The maximum Gasteiger partial charge on any atom is 0.232 e. The molecule has 23 heavy (non-hydrogen) atoms. The number of likely N-dealkylation sites (tertiary alicyclic amines) is 1. The lowest BCUT2D eigenvalue weighted by molar-refractivity contribution is -0.202. The summed E-state index contributed by atoms with van der Waals surface area (Å²) >= 11 is 0. The number of carbonyl (C=O) groups excluding carboxylic acids is 1. The molecular formula is C17H29NO5. The van der Waals surface area contributed by atoms with Crippen molar-refractivity contribution in [3.63, 3.8) is 0 Å². The second-order valence-corrected chi connectivity index (χ2v) is 7.11. The van der Waals surface area contributed by atoms with E-state index in [1.54, 1.807) is 11.8 Å². The van der Waals surface area contributed by atoms with E-state index in [9.17, 15) is 15.0 Å². The van der Waals surface area contributed by atoms with Crippen LogP contribution in [0.15, 0.2) is 0 Å². The van der Waals surface area contributed by atoms with Gasteiger partial charge in [-0.1, -0.05) is 0 Å². The lowest BCUT2D eigenvalue weighted by Gasteiger charge is -2.53. The van der Waals surface area contributed by atoms with Gasteiger partial charge in [0.2, 0.25) is 5.91 Å². The summed E-state index contributed by atoms with van der Waals surface area (Å²) in [5.74, 6) is -0.479. The third kappa shape index (κ3) is 3.55. The minimum Gasteiger partial charge on any atom is -0.393 e. The second kappa shape index (κ2) is 7.47. The van der Waals surface area contributed by atoms with E-state index in [1.807, 2.05) is 0 Å². The molecule has 0 aromatic carbocycles. The molecular weight excluding hydrogens is 298 g/mol. The zero-order valence-corrected chi connectivity index (χ0v) is 13.9. The van der Waals surface area contributed by atoms with Crippen molar-refractivity contribution in [1.29, 1.82) is 0 Å². The molecule has 132 valence electrons. The van der Waals surface area contributed by atoms with Crippen LogP contribution in [0.3, 0.4) is 0 Å². The van der Waals surface area contributed by atoms with Crippen LogP contribution in [0.4, 0.5) is 0 Å². The highest BCUT2D eigenvalue weighted by Gasteiger charge is 2.53. The fourth-order valence-corrected chi connectivity index (χ4v) is 4.15. The van der Waals surface area contributed by atoms with Gasteiger partial charge < -0.3 is 24.6 Å². The Labute approximate surface area is 137 Å². The van der Waals surface area contributed by atoms with Crippen molar-refractivity contribution in [2.24, 2.45) is 5.92 Å². The summed E-state index contributed by atoms with van der Waals surface area (Å²) in [6.45, 7) is 3.02. The van der Waals surface area contributed by atoms with E-state index < -0.39 is 18.1 Å². The lowest BCUT2D eigenvalue weighted by atomic mass is 9.78. The smallest absolute Gasteiger partial charge is 0.232 e. The van der Waals surface area contributed by atoms with Gasteiger partial charge in [-0.25, -0.2) is 0 Å². The molecule has 3 rings (SSSR count). The predicted molar refractivity (Wildman–Crippen MR) is 83.6 cm³/mol. The normalized spacial score (nSPS) is 38.0. The van der Waals surface area contributed by atoms with Gasteiger partial charge in [-0.15, -0.1) is 0 Å². The van der Waals surface area contributed by atoms with Gasteiger partial charge in [-0.3, -0.25) is 4.79 Å². The molecule has 0 aromatic rings. The Morgan fingerprint density at radius 3 is 2.39 bits per heavy atom. The summed E-state index contributed by atoms with van der Waals surface area (Å²) in [4.78, 5) is 14.2. The number of hydrogen-bond donors (Lipinski definition) is 2. The number of β-lactam (4-membered cyclic amide) rings is 1. The first-order valence-corrected chi connectivity index (χ1v) is 9.01. The predicted octanol–water partition coefficient (Wildman–Crippen LogP) is 1.04. The fraction of sp³-hybridized carbons (Fsp3) is 0.941. The molecule has 3 aliphatic heterocycles. The molecule has 0 aromatic heterocycles. The van der Waals surface area contributed by atoms with Crippen molar-refractivity contribution in [1.82, 2.24) is 4.90 Å². The molecule has 6 heteroatoms. The SMILES string of the molecule is CC(O)C1C(=O)N(C2CCCCO2)C1CC(O)C1CCCCO1. The Hall–Kier alpha value is -0.690. The summed E-state index contributed by atoms with van der Waals surface area (Å²) in [5.41, 5.74) is 0. The molecule has 0 radical (unpaired) electrons. The molecule has 1 amide bonds. The van der Waals surface area contributed by atoms with E-state index >= 15 is 0 Å². The van der Waals surface area contributed by atoms with Crippen LogP contribution >= 0.6 is 0 Å². The van der Waals surface area contributed by atoms with Gasteiger partial charge >= 0.3 is 0 Å². The van der Waals surface area contributed by atoms with Crippen molar-refractivity contribution in [2.75, 3.05) is 13.2 Å². The van der Waals surface area contributed by atoms with Crippen molar-refractivity contribution < 1.29 is 24.5 Å². The molecule has 0 bridgehead atoms. The molecule has 2 N–H and O–H groups in total. The largest absolute Gasteiger partial charge is 0.393 e. The number of amides is 1. The van der Waals surface area contributed by atoms with Gasteiger partial charge in [0.25, 0.3) is 0 Å². The molecule has 0 saturated carbocycles. The van der Waals surface area contributed by atoms with Crippen molar-refractivity contribution in [3.05, 3.63) is 0 Å². The van der Waals surface area contributed by atoms with Gasteiger partial charge in [0.05, 0.1) is 30.3 Å². The van der Waals surface area contributed by atoms with Crippen LogP contribution in [0.25, 0.3) is 0 Å². The molecule has 0 aliphatic carbocycles. The number of hydrogen-bond acceptors (Lipinski definition) is 5. The standard InChI is InChI=1S/C17H29NO5/c1-11(19)16-12(10-13(20)14-6-2-4-8-22-14)18(17(16)21)15-7-3-5-9-23-15/h11-16,19-20H,2-10H2,1H3. The zero-order valence-electron chi connectivity index (χ0n) is 13.9. The van der Waals surface area contributed by atoms with Crippen molar-refractivity contribution >= 4 is 5.91 Å². The highest BCUT2D eigenvalue weighted by atomic mass is 16.5. The highest BCUT2D eigenvalue weighted by Crippen LogP contribution is 2.38. The Kier molecular flexibility index (Phi) is 5.57. The van der Waals surface area contributed by atoms with E-state index in [-0.39, 0.29) is 24.3 Å². The number of aliphatic hydroxyl groups is 2. The maximum absolute atomic E-state index is 12.4. The monoisotopic (exact) mass is 327 g/mol. The van der Waals surface area contributed by atoms with Crippen LogP contribution in [0.2, 0.25) is 0 Å². The maximum atomic E-state index is 12.4. The summed E-state index contributed by atoms with van der Waals surface area (Å²) < 4.78 is 11.4. The van der Waals surface area contributed by atoms with Crippen LogP contribution < -0.4 is 0 Å². The molecule has 6 unspecified atom stereocenters. The van der Waals surface area contributed by atoms with Gasteiger partial charge in [0.1, 0.15) is 6.23 Å². The summed E-state index contributed by atoms with van der Waals surface area (Å²) in [6, 6.07) is -0.161. The second-order valence-electron chi connectivity index (χ2n) is 7.11. The summed E-state index contributed by atoms with van der Waals surface area (Å²) in [7, 11) is 0. The highest BCUT2D eigenvalue weighted by molar-refractivity contribution is 5.86. The number of aliphatic hydroxyl groups excluding tert-OH is 2. The topological polar surface area (TPSA) is 79.2 Å². The lowest BCUT2D eigenvalue weighted by Crippen LogP contribution is -2.68. The molecule has 3 fully saturated rings. The van der Waals surface area contributed by atoms with Crippen LogP contribution in [-0.2, 0) is 14.3 Å². The van der Waals surface area contributed by atoms with E-state index in [4.69, 9.17) is 9.47 Å². The first-order chi connectivity index (χ1) is 11.1. The average Bonchev–Trinajstić information content (AvgIpc) is 2.55. The van der Waals surface area contributed by atoms with Crippen molar-refractivity contribution in [2.45, 2.75) is 82.5 Å². The molecule has 3 heterocycles. The average molecular weight is 327 g/mol. The first-order valence-electron chi connectivity index (χ1n) is 9.01. The van der Waals surface area contributed by atoms with E-state index in [0.29, 0.717) is 19.6 Å². The number of ether oxygens (including phenoxy) is 2. The van der Waals surface area contributed by atoms with Gasteiger partial charge in [0.15, 0.2) is 0 Å². The third-order valence-corrected chi connectivity index (χ3v) is 5.42. The number of nitrogens with zero attached hydrogens (tertiary/aromatic N) is 1. The molecule has 6 nitrogen and oxygen atoms in total. The molecule has 3 aliphatic rings. The van der Waals surface area contributed by atoms with Crippen LogP contribution in [0.1, 0.15) is 51.9 Å². The number of rotatable bonds is 5. The van der Waals surface area contributed by atoms with Gasteiger partial charge in [0, 0.05) is 13.2 Å². The fourth-order valence-electron chi connectivity index (χ4n) is 4.15. The van der Waals surface area contributed by atoms with Gasteiger partial charge in [-0.05, 0) is 51.9 Å². The molecule has 6 atom stereocenters. The third-order valence-electron chi connectivity index (χ3n) is 5.42. The van der Waals surface area contributed by atoms with E-state index in [0.717, 1.165) is 38.5 Å². The molecule has 3 saturated heterocycles. The Bertz CT molecular complexity index is 404. The van der Waals surface area contributed by atoms with Crippen molar-refractivity contribution in [3.8, 4) is 0 Å². The number of carbonyl (C=O) groups is 1. The van der Waals surface area contributed by atoms with Crippen LogP contribution in [0, 0.1) is 5.92 Å². The Balaban J connectivity index is 1.65. The zero-order chi connectivity index (χ0) is 16.4. The summed E-state index contributed by atoms with van der Waals surface area (Å²) in [5, 5.41) is 20.5.